The summed E-state index contributed by atoms with van der Waals surface area (Å²) in [7, 11) is 0. The number of hydrogen-bond donors (Lipinski definition) is 1. The quantitative estimate of drug-likeness (QED) is 0.454. The molecule has 1 atom stereocenters. The molecule has 0 spiro atoms. The Labute approximate surface area is 204 Å². The Morgan fingerprint density at radius 2 is 1.88 bits per heavy atom. The zero-order chi connectivity index (χ0) is 22.9. The van der Waals surface area contributed by atoms with Crippen LogP contribution in [0, 0.1) is 6.92 Å². The van der Waals surface area contributed by atoms with Crippen molar-refractivity contribution in [2.45, 2.75) is 70.3 Å². The highest BCUT2D eigenvalue weighted by molar-refractivity contribution is 9.10. The van der Waals surface area contributed by atoms with Crippen LogP contribution >= 0.6 is 27.7 Å². The molecule has 0 aliphatic heterocycles. The van der Waals surface area contributed by atoms with Crippen molar-refractivity contribution < 1.29 is 9.59 Å². The first kappa shape index (κ1) is 24.8. The van der Waals surface area contributed by atoms with E-state index in [0.29, 0.717) is 12.3 Å². The molecular formula is C26H33BrN2O2S. The van der Waals surface area contributed by atoms with Gasteiger partial charge in [-0.05, 0) is 55.5 Å². The molecule has 172 valence electrons. The van der Waals surface area contributed by atoms with E-state index < -0.39 is 6.04 Å². The molecule has 1 N–H and O–H groups in total. The average Bonchev–Trinajstić information content (AvgIpc) is 2.79. The highest BCUT2D eigenvalue weighted by Crippen LogP contribution is 2.21. The number of halogens is 1. The fourth-order valence-corrected chi connectivity index (χ4v) is 5.52. The van der Waals surface area contributed by atoms with Gasteiger partial charge in [0.05, 0.1) is 5.75 Å². The molecular weight excluding hydrogens is 484 g/mol. The number of carbonyl (C=O) groups is 2. The van der Waals surface area contributed by atoms with Gasteiger partial charge in [0.25, 0.3) is 0 Å². The predicted molar refractivity (Wildman–Crippen MR) is 137 cm³/mol. The molecule has 1 aliphatic carbocycles. The molecule has 0 radical (unpaired) electrons. The summed E-state index contributed by atoms with van der Waals surface area (Å²) in [6.07, 6.45) is 5.63. The molecule has 1 aliphatic rings. The lowest BCUT2D eigenvalue weighted by molar-refractivity contribution is -0.139. The van der Waals surface area contributed by atoms with Crippen molar-refractivity contribution in [2.24, 2.45) is 0 Å². The van der Waals surface area contributed by atoms with Gasteiger partial charge in [0, 0.05) is 22.8 Å². The van der Waals surface area contributed by atoms with Crippen molar-refractivity contribution in [1.82, 2.24) is 10.2 Å². The minimum Gasteiger partial charge on any atom is -0.352 e. The van der Waals surface area contributed by atoms with E-state index in [2.05, 4.69) is 40.3 Å². The number of amides is 2. The molecule has 0 unspecified atom stereocenters. The summed E-state index contributed by atoms with van der Waals surface area (Å²) in [6, 6.07) is 15.9. The number of nitrogens with one attached hydrogen (secondary N) is 1. The SMILES string of the molecule is Cc1ccccc1CSCC(=O)N(Cc1cccc(Br)c1)[C@H](C)C(=O)NC1CCCCC1. The van der Waals surface area contributed by atoms with E-state index in [1.54, 1.807) is 16.7 Å². The van der Waals surface area contributed by atoms with E-state index in [-0.39, 0.29) is 17.9 Å². The van der Waals surface area contributed by atoms with Crippen molar-refractivity contribution in [3.8, 4) is 0 Å². The number of carbonyl (C=O) groups excluding carboxylic acids is 2. The maximum Gasteiger partial charge on any atom is 0.242 e. The number of aryl methyl sites for hydroxylation is 1. The van der Waals surface area contributed by atoms with Crippen LogP contribution in [0.5, 0.6) is 0 Å². The summed E-state index contributed by atoms with van der Waals surface area (Å²) < 4.78 is 0.968. The molecule has 4 nitrogen and oxygen atoms in total. The Balaban J connectivity index is 1.66. The minimum absolute atomic E-state index is 0.00476. The third kappa shape index (κ3) is 7.38. The van der Waals surface area contributed by atoms with Crippen LogP contribution in [-0.2, 0) is 21.9 Å². The fraction of sp³-hybridized carbons (Fsp3) is 0.462. The summed E-state index contributed by atoms with van der Waals surface area (Å²) >= 11 is 5.11. The maximum atomic E-state index is 13.3. The lowest BCUT2D eigenvalue weighted by Gasteiger charge is -2.31. The largest absolute Gasteiger partial charge is 0.352 e. The Bertz CT molecular complexity index is 914. The Hall–Kier alpha value is -1.79. The van der Waals surface area contributed by atoms with Crippen LogP contribution in [0.15, 0.2) is 53.0 Å². The second-order valence-electron chi connectivity index (χ2n) is 8.59. The highest BCUT2D eigenvalue weighted by Gasteiger charge is 2.28. The van der Waals surface area contributed by atoms with Crippen LogP contribution in [0.25, 0.3) is 0 Å². The number of benzene rings is 2. The molecule has 32 heavy (non-hydrogen) atoms. The van der Waals surface area contributed by atoms with E-state index in [1.807, 2.05) is 43.3 Å². The minimum atomic E-state index is -0.512. The number of nitrogens with zero attached hydrogens (tertiary/aromatic N) is 1. The van der Waals surface area contributed by atoms with Crippen LogP contribution in [0.2, 0.25) is 0 Å². The number of rotatable bonds is 9. The molecule has 1 fully saturated rings. The van der Waals surface area contributed by atoms with Crippen molar-refractivity contribution in [1.29, 1.82) is 0 Å². The normalized spacial score (nSPS) is 15.2. The smallest absolute Gasteiger partial charge is 0.242 e. The van der Waals surface area contributed by atoms with Crippen molar-refractivity contribution in [3.05, 3.63) is 69.7 Å². The molecule has 2 amide bonds. The first-order valence-electron chi connectivity index (χ1n) is 11.4. The molecule has 2 aromatic carbocycles. The fourth-order valence-electron chi connectivity index (χ4n) is 4.09. The standard InChI is InChI=1S/C26H33BrN2O2S/c1-19-9-6-7-11-22(19)17-32-18-25(30)29(16-21-10-8-12-23(27)15-21)20(2)26(31)28-24-13-4-3-5-14-24/h6-12,15,20,24H,3-5,13-14,16-18H2,1-2H3,(H,28,31)/t20-/m1/s1. The Kier molecular flexibility index (Phi) is 9.67. The van der Waals surface area contributed by atoms with Gasteiger partial charge in [-0.25, -0.2) is 0 Å². The van der Waals surface area contributed by atoms with Gasteiger partial charge in [-0.15, -0.1) is 11.8 Å². The van der Waals surface area contributed by atoms with Gasteiger partial charge in [-0.2, -0.15) is 0 Å². The van der Waals surface area contributed by atoms with Crippen LogP contribution < -0.4 is 5.32 Å². The Morgan fingerprint density at radius 1 is 1.12 bits per heavy atom. The van der Waals surface area contributed by atoms with E-state index in [4.69, 9.17) is 0 Å². The van der Waals surface area contributed by atoms with E-state index >= 15 is 0 Å². The molecule has 0 aromatic heterocycles. The average molecular weight is 518 g/mol. The van der Waals surface area contributed by atoms with Gasteiger partial charge in [0.1, 0.15) is 6.04 Å². The first-order valence-corrected chi connectivity index (χ1v) is 13.4. The zero-order valence-electron chi connectivity index (χ0n) is 19.0. The molecule has 3 rings (SSSR count). The van der Waals surface area contributed by atoms with Crippen LogP contribution in [0.3, 0.4) is 0 Å². The highest BCUT2D eigenvalue weighted by atomic mass is 79.9. The molecule has 0 bridgehead atoms. The maximum absolute atomic E-state index is 13.3. The monoisotopic (exact) mass is 516 g/mol. The summed E-state index contributed by atoms with van der Waals surface area (Å²) in [4.78, 5) is 28.0. The predicted octanol–water partition coefficient (Wildman–Crippen LogP) is 5.86. The van der Waals surface area contributed by atoms with Crippen LogP contribution in [-0.4, -0.2) is 34.6 Å². The van der Waals surface area contributed by atoms with Crippen LogP contribution in [0.4, 0.5) is 0 Å². The molecule has 2 aromatic rings. The molecule has 6 heteroatoms. The van der Waals surface area contributed by atoms with Gasteiger partial charge in [0.15, 0.2) is 0 Å². The van der Waals surface area contributed by atoms with Crippen LogP contribution in [0.1, 0.15) is 55.7 Å². The lowest BCUT2D eigenvalue weighted by atomic mass is 9.95. The van der Waals surface area contributed by atoms with E-state index in [9.17, 15) is 9.59 Å². The van der Waals surface area contributed by atoms with E-state index in [1.165, 1.54) is 17.5 Å². The summed E-state index contributed by atoms with van der Waals surface area (Å²) in [6.45, 7) is 4.36. The molecule has 0 heterocycles. The summed E-state index contributed by atoms with van der Waals surface area (Å²) in [5.41, 5.74) is 3.49. The van der Waals surface area contributed by atoms with Crippen molar-refractivity contribution in [2.75, 3.05) is 5.75 Å². The first-order chi connectivity index (χ1) is 15.4. The lowest BCUT2D eigenvalue weighted by Crippen LogP contribution is -2.50. The third-order valence-electron chi connectivity index (χ3n) is 6.11. The van der Waals surface area contributed by atoms with Gasteiger partial charge < -0.3 is 10.2 Å². The topological polar surface area (TPSA) is 49.4 Å². The van der Waals surface area contributed by atoms with Gasteiger partial charge in [-0.3, -0.25) is 9.59 Å². The van der Waals surface area contributed by atoms with Gasteiger partial charge in [-0.1, -0.05) is 71.6 Å². The second kappa shape index (κ2) is 12.4. The van der Waals surface area contributed by atoms with Crippen molar-refractivity contribution in [3.63, 3.8) is 0 Å². The Morgan fingerprint density at radius 3 is 2.59 bits per heavy atom. The third-order valence-corrected chi connectivity index (χ3v) is 7.56. The summed E-state index contributed by atoms with van der Waals surface area (Å²) in [5, 5.41) is 3.19. The number of hydrogen-bond acceptors (Lipinski definition) is 3. The van der Waals surface area contributed by atoms with E-state index in [0.717, 1.165) is 41.5 Å². The zero-order valence-corrected chi connectivity index (χ0v) is 21.4. The number of thioether (sulfide) groups is 1. The van der Waals surface area contributed by atoms with Gasteiger partial charge >= 0.3 is 0 Å². The molecule has 0 saturated heterocycles. The summed E-state index contributed by atoms with van der Waals surface area (Å²) in [5.74, 6) is 1.08. The molecule has 1 saturated carbocycles. The van der Waals surface area contributed by atoms with Crippen molar-refractivity contribution >= 4 is 39.5 Å². The van der Waals surface area contributed by atoms with Gasteiger partial charge in [0.2, 0.25) is 11.8 Å². The second-order valence-corrected chi connectivity index (χ2v) is 10.5.